The molecule has 0 fully saturated rings. The van der Waals surface area contributed by atoms with Crippen LogP contribution in [0, 0.1) is 0 Å². The number of aromatic nitrogens is 1. The molecule has 0 saturated carbocycles. The lowest BCUT2D eigenvalue weighted by atomic mass is 10.1. The Morgan fingerprint density at radius 1 is 1.23 bits per heavy atom. The van der Waals surface area contributed by atoms with Crippen LogP contribution >= 0.6 is 0 Å². The van der Waals surface area contributed by atoms with E-state index in [4.69, 9.17) is 0 Å². The minimum absolute atomic E-state index is 0.00872. The molecule has 0 atom stereocenters. The average molecular weight is 379 g/mol. The molecule has 0 spiro atoms. The van der Waals surface area contributed by atoms with Crippen molar-refractivity contribution in [3.05, 3.63) is 35.5 Å². The van der Waals surface area contributed by atoms with E-state index in [1.165, 1.54) is 12.6 Å². The highest BCUT2D eigenvalue weighted by Gasteiger charge is 2.11. The number of rotatable bonds is 11. The largest absolute Gasteiger partial charge is 0.363 e. The van der Waals surface area contributed by atoms with Crippen LogP contribution in [0.25, 0.3) is 10.9 Å². The molecule has 0 aliphatic rings. The summed E-state index contributed by atoms with van der Waals surface area (Å²) in [5.74, 6) is -0.00872. The number of hydrogen-bond acceptors (Lipinski definition) is 3. The Kier molecular flexibility index (Phi) is 7.66. The molecule has 7 heteroatoms. The van der Waals surface area contributed by atoms with Crippen molar-refractivity contribution < 1.29 is 8.42 Å². The van der Waals surface area contributed by atoms with Gasteiger partial charge in [0.25, 0.3) is 0 Å². The standard InChI is InChI=1S/C19H30N4O2S/c1-4-10-23(11-5-2)15-21-9-8-17-13-22-19-7-6-16(12-18(17)19)14-26(24,25)20-3/h6-7,12-13,15,20,22H,4-5,8-11,14H2,1-3H3. The molecule has 2 rings (SSSR count). The number of fused-ring (bicyclic) bond motifs is 1. The first kappa shape index (κ1) is 20.5. The van der Waals surface area contributed by atoms with E-state index in [9.17, 15) is 8.42 Å². The maximum absolute atomic E-state index is 11.8. The summed E-state index contributed by atoms with van der Waals surface area (Å²) in [6, 6.07) is 5.75. The topological polar surface area (TPSA) is 77.6 Å². The summed E-state index contributed by atoms with van der Waals surface area (Å²) in [5, 5.41) is 1.07. The number of aromatic amines is 1. The van der Waals surface area contributed by atoms with Crippen molar-refractivity contribution >= 4 is 27.3 Å². The summed E-state index contributed by atoms with van der Waals surface area (Å²) >= 11 is 0. The molecule has 1 aromatic heterocycles. The zero-order valence-corrected chi connectivity index (χ0v) is 16.8. The van der Waals surface area contributed by atoms with Crippen molar-refractivity contribution in [1.29, 1.82) is 0 Å². The van der Waals surface area contributed by atoms with Gasteiger partial charge in [-0.3, -0.25) is 4.99 Å². The van der Waals surface area contributed by atoms with E-state index in [2.05, 4.69) is 33.4 Å². The Labute approximate surface area is 156 Å². The molecule has 0 amide bonds. The van der Waals surface area contributed by atoms with Crippen LogP contribution in [0.3, 0.4) is 0 Å². The van der Waals surface area contributed by atoms with E-state index >= 15 is 0 Å². The van der Waals surface area contributed by atoms with Gasteiger partial charge in [0.05, 0.1) is 12.1 Å². The summed E-state index contributed by atoms with van der Waals surface area (Å²) in [6.45, 7) is 7.14. The van der Waals surface area contributed by atoms with Crippen LogP contribution in [0.1, 0.15) is 37.8 Å². The number of sulfonamides is 1. The van der Waals surface area contributed by atoms with E-state index in [0.717, 1.165) is 55.4 Å². The Hall–Kier alpha value is -1.86. The van der Waals surface area contributed by atoms with Crippen LogP contribution in [0.15, 0.2) is 29.4 Å². The summed E-state index contributed by atoms with van der Waals surface area (Å²) in [4.78, 5) is 10.1. The first-order chi connectivity index (χ1) is 12.5. The number of aliphatic imine (C=N–C) groups is 1. The molecule has 144 valence electrons. The molecule has 1 aromatic carbocycles. The predicted molar refractivity (Wildman–Crippen MR) is 109 cm³/mol. The lowest BCUT2D eigenvalue weighted by molar-refractivity contribution is 0.427. The molecule has 26 heavy (non-hydrogen) atoms. The third kappa shape index (κ3) is 5.85. The van der Waals surface area contributed by atoms with Crippen molar-refractivity contribution in [2.24, 2.45) is 4.99 Å². The van der Waals surface area contributed by atoms with Gasteiger partial charge in [-0.25, -0.2) is 13.1 Å². The molecule has 0 aliphatic heterocycles. The van der Waals surface area contributed by atoms with Gasteiger partial charge in [-0.15, -0.1) is 0 Å². The molecule has 2 N–H and O–H groups in total. The highest BCUT2D eigenvalue weighted by atomic mass is 32.2. The Balaban J connectivity index is 2.05. The quantitative estimate of drug-likeness (QED) is 0.466. The van der Waals surface area contributed by atoms with Gasteiger partial charge in [0, 0.05) is 36.7 Å². The van der Waals surface area contributed by atoms with Crippen LogP contribution in [0.2, 0.25) is 0 Å². The monoisotopic (exact) mass is 378 g/mol. The molecule has 0 bridgehead atoms. The summed E-state index contributed by atoms with van der Waals surface area (Å²) < 4.78 is 25.9. The Morgan fingerprint density at radius 2 is 1.96 bits per heavy atom. The minimum atomic E-state index is -3.27. The van der Waals surface area contributed by atoms with Gasteiger partial charge in [0.1, 0.15) is 0 Å². The van der Waals surface area contributed by atoms with Crippen LogP contribution < -0.4 is 4.72 Å². The second kappa shape index (κ2) is 9.73. The van der Waals surface area contributed by atoms with Gasteiger partial charge < -0.3 is 9.88 Å². The van der Waals surface area contributed by atoms with Crippen molar-refractivity contribution in [2.45, 2.75) is 38.9 Å². The second-order valence-electron chi connectivity index (χ2n) is 6.46. The van der Waals surface area contributed by atoms with Crippen molar-refractivity contribution in [3.63, 3.8) is 0 Å². The normalized spacial score (nSPS) is 12.3. The average Bonchev–Trinajstić information content (AvgIpc) is 3.01. The first-order valence-electron chi connectivity index (χ1n) is 9.23. The van der Waals surface area contributed by atoms with Crippen molar-refractivity contribution in [1.82, 2.24) is 14.6 Å². The van der Waals surface area contributed by atoms with Crippen LogP contribution in [0.5, 0.6) is 0 Å². The summed E-state index contributed by atoms with van der Waals surface area (Å²) in [6.07, 6.45) is 7.02. The van der Waals surface area contributed by atoms with Crippen molar-refractivity contribution in [3.8, 4) is 0 Å². The molecular weight excluding hydrogens is 348 g/mol. The summed E-state index contributed by atoms with van der Waals surface area (Å²) in [5.41, 5.74) is 2.97. The SMILES string of the molecule is CCCN(C=NCCc1c[nH]c2ccc(CS(=O)(=O)NC)cc12)CCC. The van der Waals surface area contributed by atoms with E-state index in [1.54, 1.807) is 0 Å². The van der Waals surface area contributed by atoms with Gasteiger partial charge in [-0.05, 0) is 49.6 Å². The smallest absolute Gasteiger partial charge is 0.215 e. The molecule has 2 aromatic rings. The second-order valence-corrected chi connectivity index (χ2v) is 8.39. The zero-order valence-electron chi connectivity index (χ0n) is 16.0. The highest BCUT2D eigenvalue weighted by molar-refractivity contribution is 7.88. The summed E-state index contributed by atoms with van der Waals surface area (Å²) in [7, 11) is -1.83. The number of benzene rings is 1. The van der Waals surface area contributed by atoms with Gasteiger partial charge in [0.15, 0.2) is 0 Å². The molecule has 0 aliphatic carbocycles. The molecule has 0 unspecified atom stereocenters. The lowest BCUT2D eigenvalue weighted by Gasteiger charge is -2.17. The Morgan fingerprint density at radius 3 is 2.62 bits per heavy atom. The lowest BCUT2D eigenvalue weighted by Crippen LogP contribution is -2.23. The molecule has 0 radical (unpaired) electrons. The molecular formula is C19H30N4O2S. The fraction of sp³-hybridized carbons (Fsp3) is 0.526. The van der Waals surface area contributed by atoms with Crippen LogP contribution in [-0.2, 0) is 22.2 Å². The third-order valence-electron chi connectivity index (χ3n) is 4.28. The van der Waals surface area contributed by atoms with Crippen LogP contribution in [-0.4, -0.2) is 51.3 Å². The molecule has 6 nitrogen and oxygen atoms in total. The zero-order chi connectivity index (χ0) is 19.0. The number of nitrogens with zero attached hydrogens (tertiary/aromatic N) is 2. The number of hydrogen-bond donors (Lipinski definition) is 2. The fourth-order valence-corrected chi connectivity index (χ4v) is 3.74. The first-order valence-corrected chi connectivity index (χ1v) is 10.9. The number of nitrogens with one attached hydrogen (secondary N) is 2. The number of H-pyrrole nitrogens is 1. The highest BCUT2D eigenvalue weighted by Crippen LogP contribution is 2.21. The van der Waals surface area contributed by atoms with Gasteiger partial charge in [0.2, 0.25) is 10.0 Å². The van der Waals surface area contributed by atoms with E-state index in [-0.39, 0.29) is 5.75 Å². The van der Waals surface area contributed by atoms with Crippen molar-refractivity contribution in [2.75, 3.05) is 26.7 Å². The minimum Gasteiger partial charge on any atom is -0.363 e. The van der Waals surface area contributed by atoms with E-state index in [0.29, 0.717) is 0 Å². The van der Waals surface area contributed by atoms with Gasteiger partial charge in [-0.2, -0.15) is 0 Å². The van der Waals surface area contributed by atoms with Gasteiger partial charge >= 0.3 is 0 Å². The van der Waals surface area contributed by atoms with Gasteiger partial charge in [-0.1, -0.05) is 19.9 Å². The molecule has 0 saturated heterocycles. The predicted octanol–water partition coefficient (Wildman–Crippen LogP) is 2.91. The maximum atomic E-state index is 11.8. The van der Waals surface area contributed by atoms with E-state index < -0.39 is 10.0 Å². The maximum Gasteiger partial charge on any atom is 0.215 e. The third-order valence-corrected chi connectivity index (χ3v) is 5.61. The Bertz CT molecular complexity index is 821. The van der Waals surface area contributed by atoms with Crippen LogP contribution in [0.4, 0.5) is 0 Å². The fourth-order valence-electron chi connectivity index (χ4n) is 2.97. The van der Waals surface area contributed by atoms with E-state index in [1.807, 2.05) is 30.7 Å². The molecule has 1 heterocycles.